The third kappa shape index (κ3) is 4.00. The lowest BCUT2D eigenvalue weighted by atomic mass is 10.3. The molecule has 3 aromatic heterocycles. The molecule has 0 saturated heterocycles. The lowest BCUT2D eigenvalue weighted by Crippen LogP contribution is -2.14. The standard InChI is InChI=1S/C18H13FN4OS3/c1-10-20-16-17(27-10)15(13-6-3-7-25-13)22-23-18(16)26-9-14(24)21-12-5-2-4-11(19)8-12/h2-8H,9H2,1H3,(H,21,24). The van der Waals surface area contributed by atoms with Gasteiger partial charge in [0.2, 0.25) is 5.91 Å². The first-order chi connectivity index (χ1) is 13.1. The average Bonchev–Trinajstić information content (AvgIpc) is 3.28. The predicted octanol–water partition coefficient (Wildman–Crippen LogP) is 4.99. The Morgan fingerprint density at radius 2 is 2.15 bits per heavy atom. The summed E-state index contributed by atoms with van der Waals surface area (Å²) in [4.78, 5) is 17.8. The van der Waals surface area contributed by atoms with Gasteiger partial charge in [-0.15, -0.1) is 32.9 Å². The third-order valence-electron chi connectivity index (χ3n) is 3.60. The van der Waals surface area contributed by atoms with Crippen LogP contribution in [0.15, 0.2) is 46.8 Å². The molecule has 4 aromatic rings. The van der Waals surface area contributed by atoms with Crippen LogP contribution in [0.1, 0.15) is 5.01 Å². The van der Waals surface area contributed by atoms with E-state index in [2.05, 4.69) is 20.5 Å². The number of nitrogens with zero attached hydrogens (tertiary/aromatic N) is 3. The number of nitrogens with one attached hydrogen (secondary N) is 1. The molecular weight excluding hydrogens is 403 g/mol. The van der Waals surface area contributed by atoms with Crippen molar-refractivity contribution >= 4 is 56.2 Å². The Kier molecular flexibility index (Phi) is 5.15. The maximum Gasteiger partial charge on any atom is 0.234 e. The molecule has 27 heavy (non-hydrogen) atoms. The molecule has 1 aromatic carbocycles. The normalized spacial score (nSPS) is 11.0. The van der Waals surface area contributed by atoms with Crippen molar-refractivity contribution in [3.05, 3.63) is 52.6 Å². The number of rotatable bonds is 5. The number of amides is 1. The minimum atomic E-state index is -0.393. The largest absolute Gasteiger partial charge is 0.325 e. The fourth-order valence-corrected chi connectivity index (χ4v) is 4.98. The molecule has 0 atom stereocenters. The second-order valence-electron chi connectivity index (χ2n) is 5.59. The van der Waals surface area contributed by atoms with Crippen molar-refractivity contribution in [3.63, 3.8) is 0 Å². The zero-order chi connectivity index (χ0) is 18.8. The van der Waals surface area contributed by atoms with Gasteiger partial charge in [0.1, 0.15) is 22.1 Å². The van der Waals surface area contributed by atoms with Crippen molar-refractivity contribution in [3.8, 4) is 10.6 Å². The minimum absolute atomic E-state index is 0.134. The van der Waals surface area contributed by atoms with E-state index >= 15 is 0 Å². The molecule has 0 fully saturated rings. The zero-order valence-electron chi connectivity index (χ0n) is 14.1. The van der Waals surface area contributed by atoms with E-state index in [1.165, 1.54) is 23.9 Å². The van der Waals surface area contributed by atoms with Gasteiger partial charge in [0.05, 0.1) is 20.3 Å². The summed E-state index contributed by atoms with van der Waals surface area (Å²) < 4.78 is 14.2. The number of aromatic nitrogens is 3. The van der Waals surface area contributed by atoms with Crippen LogP contribution in [0.25, 0.3) is 20.8 Å². The Morgan fingerprint density at radius 3 is 2.93 bits per heavy atom. The van der Waals surface area contributed by atoms with E-state index in [9.17, 15) is 9.18 Å². The summed E-state index contributed by atoms with van der Waals surface area (Å²) in [6.45, 7) is 1.94. The highest BCUT2D eigenvalue weighted by atomic mass is 32.2. The maximum absolute atomic E-state index is 13.2. The molecule has 0 spiro atoms. The smallest absolute Gasteiger partial charge is 0.234 e. The Balaban J connectivity index is 1.54. The minimum Gasteiger partial charge on any atom is -0.325 e. The molecule has 0 aliphatic carbocycles. The number of thiophene rings is 1. The summed E-state index contributed by atoms with van der Waals surface area (Å²) in [5.41, 5.74) is 2.01. The molecule has 5 nitrogen and oxygen atoms in total. The maximum atomic E-state index is 13.2. The predicted molar refractivity (Wildman–Crippen MR) is 109 cm³/mol. The van der Waals surface area contributed by atoms with Gasteiger partial charge in [-0.3, -0.25) is 4.79 Å². The molecule has 0 aliphatic rings. The number of thiazole rings is 1. The van der Waals surface area contributed by atoms with Crippen LogP contribution in [0.3, 0.4) is 0 Å². The number of hydrogen-bond donors (Lipinski definition) is 1. The van der Waals surface area contributed by atoms with E-state index < -0.39 is 5.82 Å². The van der Waals surface area contributed by atoms with Crippen molar-refractivity contribution in [2.45, 2.75) is 11.9 Å². The van der Waals surface area contributed by atoms with Gasteiger partial charge < -0.3 is 5.32 Å². The number of fused-ring (bicyclic) bond motifs is 1. The van der Waals surface area contributed by atoms with Gasteiger partial charge in [0, 0.05) is 5.69 Å². The highest BCUT2D eigenvalue weighted by Gasteiger charge is 2.17. The monoisotopic (exact) mass is 416 g/mol. The molecule has 0 bridgehead atoms. The van der Waals surface area contributed by atoms with Crippen LogP contribution in [-0.2, 0) is 4.79 Å². The quantitative estimate of drug-likeness (QED) is 0.464. The average molecular weight is 417 g/mol. The van der Waals surface area contributed by atoms with Crippen molar-refractivity contribution in [2.24, 2.45) is 0 Å². The first-order valence-corrected chi connectivity index (χ1v) is 10.6. The Labute approximate surface area is 166 Å². The Bertz CT molecular complexity index is 1110. The molecule has 0 unspecified atom stereocenters. The van der Waals surface area contributed by atoms with Crippen molar-refractivity contribution < 1.29 is 9.18 Å². The van der Waals surface area contributed by atoms with Gasteiger partial charge in [-0.2, -0.15) is 0 Å². The van der Waals surface area contributed by atoms with E-state index in [0.717, 1.165) is 25.8 Å². The molecular formula is C18H13FN4OS3. The molecule has 136 valence electrons. The molecule has 4 rings (SSSR count). The fraction of sp³-hybridized carbons (Fsp3) is 0.111. The van der Waals surface area contributed by atoms with Crippen LogP contribution in [0.2, 0.25) is 0 Å². The van der Waals surface area contributed by atoms with Crippen LogP contribution in [0.5, 0.6) is 0 Å². The van der Waals surface area contributed by atoms with Gasteiger partial charge in [-0.1, -0.05) is 23.9 Å². The summed E-state index contributed by atoms with van der Waals surface area (Å²) in [7, 11) is 0. The number of halogens is 1. The Morgan fingerprint density at radius 1 is 1.26 bits per heavy atom. The van der Waals surface area contributed by atoms with Crippen molar-refractivity contribution in [1.82, 2.24) is 15.2 Å². The van der Waals surface area contributed by atoms with E-state index in [0.29, 0.717) is 10.7 Å². The molecule has 1 amide bonds. The second-order valence-corrected chi connectivity index (χ2v) is 8.70. The van der Waals surface area contributed by atoms with Crippen LogP contribution in [-0.4, -0.2) is 26.8 Å². The van der Waals surface area contributed by atoms with Crippen LogP contribution >= 0.6 is 34.4 Å². The van der Waals surface area contributed by atoms with Gasteiger partial charge in [0.15, 0.2) is 0 Å². The van der Waals surface area contributed by atoms with E-state index in [-0.39, 0.29) is 11.7 Å². The molecule has 0 radical (unpaired) electrons. The lowest BCUT2D eigenvalue weighted by Gasteiger charge is -2.06. The summed E-state index contributed by atoms with van der Waals surface area (Å²) in [6, 6.07) is 9.78. The number of thioether (sulfide) groups is 1. The summed E-state index contributed by atoms with van der Waals surface area (Å²) >= 11 is 4.44. The number of carbonyl (C=O) groups excluding carboxylic acids is 1. The second kappa shape index (κ2) is 7.71. The van der Waals surface area contributed by atoms with Gasteiger partial charge in [0.25, 0.3) is 0 Å². The SMILES string of the molecule is Cc1nc2c(SCC(=O)Nc3cccc(F)c3)nnc(-c3cccs3)c2s1. The van der Waals surface area contributed by atoms with Crippen LogP contribution in [0, 0.1) is 12.7 Å². The molecule has 3 heterocycles. The summed E-state index contributed by atoms with van der Waals surface area (Å²) in [5, 5.41) is 14.9. The topological polar surface area (TPSA) is 67.8 Å². The Hall–Kier alpha value is -2.36. The first kappa shape index (κ1) is 18.0. The lowest BCUT2D eigenvalue weighted by molar-refractivity contribution is -0.113. The molecule has 0 aliphatic heterocycles. The zero-order valence-corrected chi connectivity index (χ0v) is 16.6. The van der Waals surface area contributed by atoms with Crippen molar-refractivity contribution in [1.29, 1.82) is 0 Å². The number of anilines is 1. The van der Waals surface area contributed by atoms with E-state index in [1.54, 1.807) is 34.8 Å². The molecule has 1 N–H and O–H groups in total. The van der Waals surface area contributed by atoms with E-state index in [4.69, 9.17) is 0 Å². The summed E-state index contributed by atoms with van der Waals surface area (Å²) in [6.07, 6.45) is 0. The van der Waals surface area contributed by atoms with Crippen LogP contribution < -0.4 is 5.32 Å². The number of benzene rings is 1. The first-order valence-electron chi connectivity index (χ1n) is 7.96. The number of aryl methyl sites for hydroxylation is 1. The molecule has 9 heteroatoms. The third-order valence-corrected chi connectivity index (χ3v) is 6.40. The van der Waals surface area contributed by atoms with Crippen LogP contribution in [0.4, 0.5) is 10.1 Å². The van der Waals surface area contributed by atoms with Crippen molar-refractivity contribution in [2.75, 3.05) is 11.1 Å². The van der Waals surface area contributed by atoms with Gasteiger partial charge >= 0.3 is 0 Å². The highest BCUT2D eigenvalue weighted by molar-refractivity contribution is 8.00. The van der Waals surface area contributed by atoms with Gasteiger partial charge in [-0.05, 0) is 36.6 Å². The van der Waals surface area contributed by atoms with Gasteiger partial charge in [-0.25, -0.2) is 9.37 Å². The van der Waals surface area contributed by atoms with E-state index in [1.807, 2.05) is 24.4 Å². The number of carbonyl (C=O) groups is 1. The summed E-state index contributed by atoms with van der Waals surface area (Å²) in [5.74, 6) is -0.500. The highest BCUT2D eigenvalue weighted by Crippen LogP contribution is 2.36. The molecule has 0 saturated carbocycles. The number of hydrogen-bond acceptors (Lipinski definition) is 7. The fourth-order valence-electron chi connectivity index (χ4n) is 2.49.